The summed E-state index contributed by atoms with van der Waals surface area (Å²) < 4.78 is 5.66. The Bertz CT molecular complexity index is 962. The van der Waals surface area contributed by atoms with Crippen LogP contribution in [0.1, 0.15) is 21.8 Å². The number of nitrogens with two attached hydrogens (primary N) is 1. The standard InChI is InChI=1S/C18H15N3O3S/c1-10-15(20-17(24-10)14-7-4-8-25-14)18(23)21-12-6-3-2-5-11(12)9-13(21)16(19)22/h2-8,13H,9H2,1H3,(H2,19,22)/t13-/m0/s1. The monoisotopic (exact) mass is 353 g/mol. The van der Waals surface area contributed by atoms with Crippen molar-refractivity contribution in [2.45, 2.75) is 19.4 Å². The zero-order valence-corrected chi connectivity index (χ0v) is 14.2. The molecule has 2 amide bonds. The summed E-state index contributed by atoms with van der Waals surface area (Å²) in [7, 11) is 0. The number of hydrogen-bond acceptors (Lipinski definition) is 5. The van der Waals surface area contributed by atoms with E-state index in [4.69, 9.17) is 10.2 Å². The molecule has 1 aromatic carbocycles. The van der Waals surface area contributed by atoms with Gasteiger partial charge in [0.25, 0.3) is 5.91 Å². The maximum atomic E-state index is 13.1. The number of anilines is 1. The molecule has 0 aliphatic carbocycles. The van der Waals surface area contributed by atoms with Crippen LogP contribution in [0.5, 0.6) is 0 Å². The highest BCUT2D eigenvalue weighted by Gasteiger charge is 2.39. The molecular weight excluding hydrogens is 338 g/mol. The van der Waals surface area contributed by atoms with Crippen LogP contribution >= 0.6 is 11.3 Å². The van der Waals surface area contributed by atoms with Gasteiger partial charge in [0.1, 0.15) is 11.8 Å². The van der Waals surface area contributed by atoms with Crippen molar-refractivity contribution >= 4 is 28.8 Å². The molecule has 1 aliphatic rings. The van der Waals surface area contributed by atoms with Crippen LogP contribution in [-0.4, -0.2) is 22.8 Å². The van der Waals surface area contributed by atoms with Gasteiger partial charge in [-0.3, -0.25) is 14.5 Å². The maximum Gasteiger partial charge on any atom is 0.281 e. The molecule has 0 bridgehead atoms. The van der Waals surface area contributed by atoms with Crippen LogP contribution in [0.2, 0.25) is 0 Å². The van der Waals surface area contributed by atoms with Gasteiger partial charge in [-0.25, -0.2) is 4.98 Å². The molecule has 6 nitrogen and oxygen atoms in total. The molecule has 1 atom stereocenters. The van der Waals surface area contributed by atoms with E-state index in [0.717, 1.165) is 10.4 Å². The summed E-state index contributed by atoms with van der Waals surface area (Å²) in [5.41, 5.74) is 7.34. The number of aromatic nitrogens is 1. The number of amides is 2. The number of fused-ring (bicyclic) bond motifs is 1. The Hall–Kier alpha value is -2.93. The fourth-order valence-corrected chi connectivity index (χ4v) is 3.73. The minimum atomic E-state index is -0.716. The first-order valence-corrected chi connectivity index (χ1v) is 8.66. The molecule has 0 spiro atoms. The van der Waals surface area contributed by atoms with Gasteiger partial charge in [0.15, 0.2) is 5.69 Å². The van der Waals surface area contributed by atoms with Crippen molar-refractivity contribution < 1.29 is 14.0 Å². The van der Waals surface area contributed by atoms with Crippen molar-refractivity contribution in [2.24, 2.45) is 5.73 Å². The number of rotatable bonds is 3. The number of hydrogen-bond donors (Lipinski definition) is 1. The second-order valence-electron chi connectivity index (χ2n) is 5.83. The van der Waals surface area contributed by atoms with Gasteiger partial charge in [-0.05, 0) is 30.0 Å². The molecule has 7 heteroatoms. The minimum Gasteiger partial charge on any atom is -0.440 e. The van der Waals surface area contributed by atoms with E-state index in [2.05, 4.69) is 4.98 Å². The van der Waals surface area contributed by atoms with Gasteiger partial charge in [-0.2, -0.15) is 0 Å². The van der Waals surface area contributed by atoms with Gasteiger partial charge in [0.05, 0.1) is 4.88 Å². The zero-order valence-electron chi connectivity index (χ0n) is 13.4. The third kappa shape index (κ3) is 2.53. The van der Waals surface area contributed by atoms with Crippen LogP contribution in [0.15, 0.2) is 46.2 Å². The molecule has 126 valence electrons. The summed E-state index contributed by atoms with van der Waals surface area (Å²) in [5, 5.41) is 1.91. The molecule has 0 saturated heterocycles. The fraction of sp³-hybridized carbons (Fsp3) is 0.167. The van der Waals surface area contributed by atoms with Crippen LogP contribution in [0, 0.1) is 6.92 Å². The molecule has 0 radical (unpaired) electrons. The van der Waals surface area contributed by atoms with Crippen LogP contribution < -0.4 is 10.6 Å². The molecule has 3 heterocycles. The Labute approximate surface area is 147 Å². The number of thiophene rings is 1. The number of benzene rings is 1. The number of carbonyl (C=O) groups excluding carboxylic acids is 2. The van der Waals surface area contributed by atoms with E-state index in [9.17, 15) is 9.59 Å². The van der Waals surface area contributed by atoms with Gasteiger partial charge >= 0.3 is 0 Å². The molecule has 0 fully saturated rings. The Balaban J connectivity index is 1.76. The predicted molar refractivity (Wildman–Crippen MR) is 94.5 cm³/mol. The van der Waals surface area contributed by atoms with Crippen molar-refractivity contribution in [3.8, 4) is 10.8 Å². The third-order valence-electron chi connectivity index (χ3n) is 4.25. The fourth-order valence-electron chi connectivity index (χ4n) is 3.08. The molecule has 2 N–H and O–H groups in total. The Morgan fingerprint density at radius 3 is 2.80 bits per heavy atom. The van der Waals surface area contributed by atoms with Gasteiger partial charge in [0, 0.05) is 12.1 Å². The predicted octanol–water partition coefficient (Wildman–Crippen LogP) is 2.77. The quantitative estimate of drug-likeness (QED) is 0.784. The second-order valence-corrected chi connectivity index (χ2v) is 6.77. The van der Waals surface area contributed by atoms with Crippen molar-refractivity contribution in [3.05, 3.63) is 58.8 Å². The summed E-state index contributed by atoms with van der Waals surface area (Å²) in [5.74, 6) is -0.0954. The third-order valence-corrected chi connectivity index (χ3v) is 5.11. The lowest BCUT2D eigenvalue weighted by Crippen LogP contribution is -2.46. The number of aryl methyl sites for hydroxylation is 1. The Morgan fingerprint density at radius 1 is 1.28 bits per heavy atom. The average Bonchev–Trinajstić information content (AvgIpc) is 3.31. The van der Waals surface area contributed by atoms with Gasteiger partial charge in [-0.15, -0.1) is 11.3 Å². The van der Waals surface area contributed by atoms with E-state index in [1.54, 1.807) is 6.92 Å². The first-order chi connectivity index (χ1) is 12.1. The molecule has 0 saturated carbocycles. The van der Waals surface area contributed by atoms with Crippen LogP contribution in [0.3, 0.4) is 0 Å². The molecule has 3 aromatic rings. The molecular formula is C18H15N3O3S. The topological polar surface area (TPSA) is 89.4 Å². The summed E-state index contributed by atoms with van der Waals surface area (Å²) in [6, 6.07) is 10.5. The largest absolute Gasteiger partial charge is 0.440 e. The normalized spacial score (nSPS) is 16.0. The first kappa shape index (κ1) is 15.6. The molecule has 4 rings (SSSR count). The smallest absolute Gasteiger partial charge is 0.281 e. The van der Waals surface area contributed by atoms with Crippen molar-refractivity contribution in [1.82, 2.24) is 4.98 Å². The van der Waals surface area contributed by atoms with Crippen LogP contribution in [-0.2, 0) is 11.2 Å². The lowest BCUT2D eigenvalue weighted by atomic mass is 10.1. The van der Waals surface area contributed by atoms with Crippen molar-refractivity contribution in [3.63, 3.8) is 0 Å². The van der Waals surface area contributed by atoms with E-state index in [0.29, 0.717) is 23.8 Å². The number of carbonyl (C=O) groups is 2. The van der Waals surface area contributed by atoms with Gasteiger partial charge in [0.2, 0.25) is 11.8 Å². The molecule has 1 aliphatic heterocycles. The highest BCUT2D eigenvalue weighted by Crippen LogP contribution is 2.34. The Morgan fingerprint density at radius 2 is 2.08 bits per heavy atom. The van der Waals surface area contributed by atoms with Crippen LogP contribution in [0.4, 0.5) is 5.69 Å². The van der Waals surface area contributed by atoms with Crippen molar-refractivity contribution in [1.29, 1.82) is 0 Å². The lowest BCUT2D eigenvalue weighted by molar-refractivity contribution is -0.119. The Kier molecular flexibility index (Phi) is 3.65. The highest BCUT2D eigenvalue weighted by molar-refractivity contribution is 7.13. The summed E-state index contributed by atoms with van der Waals surface area (Å²) in [6.07, 6.45) is 0.409. The van der Waals surface area contributed by atoms with E-state index in [-0.39, 0.29) is 11.6 Å². The number of primary amides is 1. The number of para-hydroxylation sites is 1. The summed E-state index contributed by atoms with van der Waals surface area (Å²) >= 11 is 1.48. The van der Waals surface area contributed by atoms with E-state index in [1.165, 1.54) is 16.2 Å². The second kappa shape index (κ2) is 5.86. The lowest BCUT2D eigenvalue weighted by Gasteiger charge is -2.22. The number of oxazole rings is 1. The van der Waals surface area contributed by atoms with Gasteiger partial charge in [-0.1, -0.05) is 24.3 Å². The highest BCUT2D eigenvalue weighted by atomic mass is 32.1. The van der Waals surface area contributed by atoms with E-state index in [1.807, 2.05) is 41.8 Å². The first-order valence-electron chi connectivity index (χ1n) is 7.78. The molecule has 25 heavy (non-hydrogen) atoms. The van der Waals surface area contributed by atoms with Crippen LogP contribution in [0.25, 0.3) is 10.8 Å². The summed E-state index contributed by atoms with van der Waals surface area (Å²) in [6.45, 7) is 1.69. The molecule has 0 unspecified atom stereocenters. The molecule has 2 aromatic heterocycles. The SMILES string of the molecule is Cc1oc(-c2cccs2)nc1C(=O)N1c2ccccc2C[C@H]1C(N)=O. The van der Waals surface area contributed by atoms with E-state index >= 15 is 0 Å². The average molecular weight is 353 g/mol. The number of nitrogens with zero attached hydrogens (tertiary/aromatic N) is 2. The van der Waals surface area contributed by atoms with Crippen molar-refractivity contribution in [2.75, 3.05) is 4.90 Å². The maximum absolute atomic E-state index is 13.1. The minimum absolute atomic E-state index is 0.200. The van der Waals surface area contributed by atoms with E-state index < -0.39 is 11.9 Å². The zero-order chi connectivity index (χ0) is 17.6. The summed E-state index contributed by atoms with van der Waals surface area (Å²) in [4.78, 5) is 31.6. The van der Waals surface area contributed by atoms with Gasteiger partial charge < -0.3 is 10.2 Å².